The summed E-state index contributed by atoms with van der Waals surface area (Å²) in [5.74, 6) is 1.95. The molecule has 0 unspecified atom stereocenters. The first-order chi connectivity index (χ1) is 14.3. The van der Waals surface area contributed by atoms with Gasteiger partial charge in [0.2, 0.25) is 0 Å². The van der Waals surface area contributed by atoms with Crippen molar-refractivity contribution in [2.75, 3.05) is 13.2 Å². The summed E-state index contributed by atoms with van der Waals surface area (Å²) >= 11 is 0. The van der Waals surface area contributed by atoms with Gasteiger partial charge in [0.05, 0.1) is 0 Å². The first-order valence-corrected chi connectivity index (χ1v) is 11.0. The number of rotatable bonds is 8. The fourth-order valence-electron chi connectivity index (χ4n) is 6.28. The van der Waals surface area contributed by atoms with Crippen LogP contribution in [0.25, 0.3) is 0 Å². The highest BCUT2D eigenvalue weighted by atomic mass is 16.6. The highest BCUT2D eigenvalue weighted by Gasteiger charge is 2.53. The van der Waals surface area contributed by atoms with Gasteiger partial charge in [-0.3, -0.25) is 9.59 Å². The molecule has 1 amide bonds. The molecule has 4 aliphatic carbocycles. The van der Waals surface area contributed by atoms with Crippen LogP contribution in [0.1, 0.15) is 62.7 Å². The van der Waals surface area contributed by atoms with Gasteiger partial charge in [0.1, 0.15) is 5.75 Å². The van der Waals surface area contributed by atoms with Crippen LogP contribution in [0.3, 0.4) is 0 Å². The van der Waals surface area contributed by atoms with E-state index in [1.54, 1.807) is 24.3 Å². The fourth-order valence-corrected chi connectivity index (χ4v) is 6.28. The Bertz CT molecular complexity index is 797. The van der Waals surface area contributed by atoms with Crippen molar-refractivity contribution in [3.63, 3.8) is 0 Å². The fraction of sp³-hybridized carbons (Fsp3) is 0.625. The summed E-state index contributed by atoms with van der Waals surface area (Å²) in [5.41, 5.74) is 0.734. The molecule has 162 valence electrons. The Morgan fingerprint density at radius 1 is 1.07 bits per heavy atom. The van der Waals surface area contributed by atoms with Gasteiger partial charge in [0.15, 0.2) is 19.0 Å². The lowest BCUT2D eigenvalue weighted by molar-refractivity contribution is -0.151. The smallest absolute Gasteiger partial charge is 0.344 e. The zero-order valence-corrected chi connectivity index (χ0v) is 17.8. The van der Waals surface area contributed by atoms with Crippen LogP contribution in [0.4, 0.5) is 0 Å². The van der Waals surface area contributed by atoms with Crippen molar-refractivity contribution < 1.29 is 23.9 Å². The molecule has 4 fully saturated rings. The van der Waals surface area contributed by atoms with Gasteiger partial charge >= 0.3 is 5.97 Å². The molecule has 4 bridgehead atoms. The molecule has 30 heavy (non-hydrogen) atoms. The molecular weight excluding hydrogens is 382 g/mol. The van der Waals surface area contributed by atoms with E-state index in [2.05, 4.69) is 12.2 Å². The van der Waals surface area contributed by atoms with Crippen LogP contribution in [0.2, 0.25) is 0 Å². The summed E-state index contributed by atoms with van der Waals surface area (Å²) in [6.45, 7) is 2.97. The van der Waals surface area contributed by atoms with E-state index in [4.69, 9.17) is 9.47 Å². The third-order valence-corrected chi connectivity index (χ3v) is 7.34. The Hall–Kier alpha value is -2.37. The Labute approximate surface area is 177 Å². The van der Waals surface area contributed by atoms with Gasteiger partial charge in [-0.25, -0.2) is 4.79 Å². The minimum absolute atomic E-state index is 0.0761. The Balaban J connectivity index is 1.21. The molecule has 0 heterocycles. The van der Waals surface area contributed by atoms with Crippen molar-refractivity contribution in [3.8, 4) is 5.75 Å². The van der Waals surface area contributed by atoms with Gasteiger partial charge in [-0.1, -0.05) is 12.1 Å². The standard InChI is InChI=1S/C24H31NO5/c1-15(26)20-4-3-5-21(9-20)29-14-23(28)30-13-22(27)25-16(2)24-10-17-6-18(11-24)8-19(7-17)12-24/h3-5,9,16-19H,6-8,10-14H2,1-2H3,(H,25,27)/t16-,17?,18?,19?,24?/m1/s1. The normalized spacial score (nSPS) is 29.9. The maximum atomic E-state index is 12.4. The molecule has 1 atom stereocenters. The zero-order valence-electron chi connectivity index (χ0n) is 17.8. The lowest BCUT2D eigenvalue weighted by atomic mass is 9.48. The van der Waals surface area contributed by atoms with Crippen LogP contribution in [-0.2, 0) is 14.3 Å². The first kappa shape index (κ1) is 20.9. The molecule has 1 aromatic carbocycles. The average molecular weight is 414 g/mol. The van der Waals surface area contributed by atoms with E-state index in [1.165, 1.54) is 45.4 Å². The van der Waals surface area contributed by atoms with Crippen molar-refractivity contribution in [2.45, 2.75) is 58.4 Å². The summed E-state index contributed by atoms with van der Waals surface area (Å²) in [6, 6.07) is 6.72. The average Bonchev–Trinajstić information content (AvgIpc) is 2.70. The molecule has 5 rings (SSSR count). The Morgan fingerprint density at radius 3 is 2.30 bits per heavy atom. The number of carbonyl (C=O) groups is 3. The van der Waals surface area contributed by atoms with Gasteiger partial charge in [-0.15, -0.1) is 0 Å². The molecule has 4 saturated carbocycles. The monoisotopic (exact) mass is 413 g/mol. The molecular formula is C24H31NO5. The van der Waals surface area contributed by atoms with Crippen LogP contribution in [0, 0.1) is 23.2 Å². The van der Waals surface area contributed by atoms with Crippen LogP contribution >= 0.6 is 0 Å². The van der Waals surface area contributed by atoms with Crippen molar-refractivity contribution in [3.05, 3.63) is 29.8 Å². The van der Waals surface area contributed by atoms with Gasteiger partial charge in [-0.05, 0) is 87.7 Å². The number of Topliss-reactive ketones (excluding diaryl/α,β-unsaturated/α-hetero) is 1. The molecule has 6 nitrogen and oxygen atoms in total. The third kappa shape index (κ3) is 4.52. The number of ether oxygens (including phenoxy) is 2. The Morgan fingerprint density at radius 2 is 1.70 bits per heavy atom. The van der Waals surface area contributed by atoms with Gasteiger partial charge in [0.25, 0.3) is 5.91 Å². The van der Waals surface area contributed by atoms with Crippen LogP contribution < -0.4 is 10.1 Å². The molecule has 1 N–H and O–H groups in total. The van der Waals surface area contributed by atoms with E-state index in [1.807, 2.05) is 0 Å². The van der Waals surface area contributed by atoms with Crippen molar-refractivity contribution in [1.82, 2.24) is 5.32 Å². The molecule has 0 saturated heterocycles. The molecule has 0 aromatic heterocycles. The summed E-state index contributed by atoms with van der Waals surface area (Å²) in [7, 11) is 0. The Kier molecular flexibility index (Phi) is 5.85. The molecule has 6 heteroatoms. The van der Waals surface area contributed by atoms with Crippen molar-refractivity contribution in [2.24, 2.45) is 23.2 Å². The minimum atomic E-state index is -0.610. The van der Waals surface area contributed by atoms with E-state index in [0.29, 0.717) is 11.3 Å². The van der Waals surface area contributed by atoms with E-state index in [-0.39, 0.29) is 36.4 Å². The van der Waals surface area contributed by atoms with Crippen LogP contribution in [0.15, 0.2) is 24.3 Å². The van der Waals surface area contributed by atoms with Gasteiger partial charge in [-0.2, -0.15) is 0 Å². The van der Waals surface area contributed by atoms with Gasteiger partial charge in [0, 0.05) is 11.6 Å². The summed E-state index contributed by atoms with van der Waals surface area (Å²) in [6.07, 6.45) is 7.75. The van der Waals surface area contributed by atoms with Crippen molar-refractivity contribution >= 4 is 17.7 Å². The first-order valence-electron chi connectivity index (χ1n) is 11.0. The van der Waals surface area contributed by atoms with E-state index in [0.717, 1.165) is 17.8 Å². The van der Waals surface area contributed by atoms with Gasteiger partial charge < -0.3 is 14.8 Å². The second-order valence-corrected chi connectivity index (χ2v) is 9.60. The number of hydrogen-bond acceptors (Lipinski definition) is 5. The van der Waals surface area contributed by atoms with Crippen molar-refractivity contribution in [1.29, 1.82) is 0 Å². The highest BCUT2D eigenvalue weighted by molar-refractivity contribution is 5.94. The summed E-state index contributed by atoms with van der Waals surface area (Å²) in [4.78, 5) is 35.7. The molecule has 0 spiro atoms. The second kappa shape index (κ2) is 8.40. The second-order valence-electron chi connectivity index (χ2n) is 9.60. The molecule has 1 aromatic rings. The quantitative estimate of drug-likeness (QED) is 0.521. The largest absolute Gasteiger partial charge is 0.482 e. The van der Waals surface area contributed by atoms with E-state index in [9.17, 15) is 14.4 Å². The number of carbonyl (C=O) groups excluding carboxylic acids is 3. The number of amides is 1. The van der Waals surface area contributed by atoms with E-state index >= 15 is 0 Å². The number of esters is 1. The number of ketones is 1. The molecule has 4 aliphatic rings. The predicted molar refractivity (Wildman–Crippen MR) is 111 cm³/mol. The highest BCUT2D eigenvalue weighted by Crippen LogP contribution is 2.61. The third-order valence-electron chi connectivity index (χ3n) is 7.34. The SMILES string of the molecule is CC(=O)c1cccc(OCC(=O)OCC(=O)N[C@H](C)C23CC4CC(CC(C4)C2)C3)c1. The maximum absolute atomic E-state index is 12.4. The van der Waals surface area contributed by atoms with E-state index < -0.39 is 5.97 Å². The molecule has 0 aliphatic heterocycles. The minimum Gasteiger partial charge on any atom is -0.482 e. The van der Waals surface area contributed by atoms with Crippen LogP contribution in [-0.4, -0.2) is 36.9 Å². The lowest BCUT2D eigenvalue weighted by Crippen LogP contribution is -2.56. The predicted octanol–water partition coefficient (Wildman–Crippen LogP) is 3.53. The number of nitrogens with one attached hydrogen (secondary N) is 1. The number of benzene rings is 1. The maximum Gasteiger partial charge on any atom is 0.344 e. The number of hydrogen-bond donors (Lipinski definition) is 1. The zero-order chi connectivity index (χ0) is 21.3. The van der Waals surface area contributed by atoms with Crippen LogP contribution in [0.5, 0.6) is 5.75 Å². The summed E-state index contributed by atoms with van der Waals surface area (Å²) < 4.78 is 10.5. The molecule has 0 radical (unpaired) electrons. The topological polar surface area (TPSA) is 81.7 Å². The summed E-state index contributed by atoms with van der Waals surface area (Å²) in [5, 5.41) is 3.09. The lowest BCUT2D eigenvalue weighted by Gasteiger charge is -2.59.